The zero-order chi connectivity index (χ0) is 21.1. The topological polar surface area (TPSA) is 75.3 Å². The minimum absolute atomic E-state index is 0.196. The Morgan fingerprint density at radius 2 is 1.53 bits per heavy atom. The lowest BCUT2D eigenvalue weighted by Gasteiger charge is -2.61. The first-order valence-electron chi connectivity index (χ1n) is 10.2. The molecule has 0 heterocycles. The molecule has 0 aromatic heterocycles. The third-order valence-electron chi connectivity index (χ3n) is 6.52. The maximum atomic E-state index is 13.1. The molecule has 0 radical (unpaired) electrons. The van der Waals surface area contributed by atoms with Crippen molar-refractivity contribution < 1.29 is 13.2 Å². The van der Waals surface area contributed by atoms with Gasteiger partial charge < -0.3 is 5.32 Å². The van der Waals surface area contributed by atoms with Gasteiger partial charge in [-0.15, -0.1) is 0 Å². The van der Waals surface area contributed by atoms with E-state index in [9.17, 15) is 13.2 Å². The number of amides is 1. The van der Waals surface area contributed by atoms with Crippen molar-refractivity contribution >= 4 is 32.4 Å². The van der Waals surface area contributed by atoms with Crippen LogP contribution in [0.25, 0.3) is 10.8 Å². The highest BCUT2D eigenvalue weighted by atomic mass is 32.2. The van der Waals surface area contributed by atoms with Gasteiger partial charge in [-0.2, -0.15) is 0 Å². The Morgan fingerprint density at radius 1 is 0.900 bits per heavy atom. The summed E-state index contributed by atoms with van der Waals surface area (Å²) >= 11 is 0. The smallest absolute Gasteiger partial charge is 0.256 e. The molecule has 0 aliphatic heterocycles. The number of fused-ring (bicyclic) bond motifs is 1. The van der Waals surface area contributed by atoms with Gasteiger partial charge in [0.15, 0.2) is 0 Å². The molecule has 2 N–H and O–H groups in total. The van der Waals surface area contributed by atoms with Gasteiger partial charge in [0, 0.05) is 27.6 Å². The Hall–Kier alpha value is -2.70. The summed E-state index contributed by atoms with van der Waals surface area (Å²) in [6.07, 6.45) is 2.82. The van der Waals surface area contributed by atoms with Crippen molar-refractivity contribution in [1.82, 2.24) is 4.72 Å². The fourth-order valence-electron chi connectivity index (χ4n) is 4.92. The van der Waals surface area contributed by atoms with E-state index in [0.717, 1.165) is 30.4 Å². The average molecular weight is 421 g/mol. The van der Waals surface area contributed by atoms with Crippen molar-refractivity contribution in [2.75, 3.05) is 5.32 Å². The average Bonchev–Trinajstić information content (AvgIpc) is 2.64. The van der Waals surface area contributed by atoms with E-state index >= 15 is 0 Å². The van der Waals surface area contributed by atoms with Crippen LogP contribution < -0.4 is 10.0 Å². The summed E-state index contributed by atoms with van der Waals surface area (Å²) in [7, 11) is -3.64. The van der Waals surface area contributed by atoms with Gasteiger partial charge in [-0.3, -0.25) is 4.79 Å². The molecule has 6 heteroatoms. The molecule has 154 valence electrons. The van der Waals surface area contributed by atoms with Crippen LogP contribution in [0.15, 0.2) is 59.5 Å². The van der Waals surface area contributed by atoms with Gasteiger partial charge in [-0.05, 0) is 62.3 Å². The zero-order valence-electron chi connectivity index (χ0n) is 17.0. The minimum Gasteiger partial charge on any atom is -0.321 e. The van der Waals surface area contributed by atoms with Crippen LogP contribution in [0.4, 0.5) is 5.69 Å². The highest BCUT2D eigenvalue weighted by Crippen LogP contribution is 2.57. The number of sulfonamides is 1. The summed E-state index contributed by atoms with van der Waals surface area (Å²) in [5, 5.41) is 4.30. The van der Waals surface area contributed by atoms with Gasteiger partial charge >= 0.3 is 0 Å². The molecule has 0 spiro atoms. The number of rotatable bonds is 5. The molecule has 6 rings (SSSR count). The van der Waals surface area contributed by atoms with Gasteiger partial charge in [-0.25, -0.2) is 13.1 Å². The second-order valence-corrected chi connectivity index (χ2v) is 10.4. The van der Waals surface area contributed by atoms with E-state index in [1.165, 1.54) is 0 Å². The summed E-state index contributed by atoms with van der Waals surface area (Å²) in [6, 6.07) is 16.3. The number of carbonyl (C=O) groups excluding carboxylic acids is 1. The molecule has 2 bridgehead atoms. The lowest BCUT2D eigenvalue weighted by Crippen LogP contribution is -2.67. The minimum atomic E-state index is -3.64. The number of hydrogen-bond donors (Lipinski definition) is 2. The highest BCUT2D eigenvalue weighted by Gasteiger charge is 2.58. The Morgan fingerprint density at radius 3 is 2.13 bits per heavy atom. The lowest BCUT2D eigenvalue weighted by atomic mass is 9.50. The first-order valence-corrected chi connectivity index (χ1v) is 11.7. The SMILES string of the molecule is Cc1cccc(C)c1C(=O)Nc1ccc(S(=O)(=O)NC23CC(C2)C3)c2ccccc12. The monoisotopic (exact) mass is 420 g/mol. The van der Waals surface area contributed by atoms with E-state index in [1.807, 2.05) is 50.2 Å². The molecule has 3 aliphatic carbocycles. The van der Waals surface area contributed by atoms with Crippen molar-refractivity contribution in [1.29, 1.82) is 0 Å². The Labute approximate surface area is 176 Å². The first-order chi connectivity index (χ1) is 14.3. The number of hydrogen-bond acceptors (Lipinski definition) is 3. The summed E-state index contributed by atoms with van der Waals surface area (Å²) in [6.45, 7) is 3.82. The van der Waals surface area contributed by atoms with Crippen LogP contribution in [0.1, 0.15) is 40.7 Å². The Balaban J connectivity index is 1.52. The molecule has 5 nitrogen and oxygen atoms in total. The maximum absolute atomic E-state index is 13.1. The molecule has 0 saturated heterocycles. The van der Waals surface area contributed by atoms with Crippen molar-refractivity contribution in [3.05, 3.63) is 71.3 Å². The Bertz CT molecular complexity index is 1260. The van der Waals surface area contributed by atoms with E-state index in [-0.39, 0.29) is 16.3 Å². The van der Waals surface area contributed by atoms with E-state index in [1.54, 1.807) is 18.2 Å². The predicted molar refractivity (Wildman–Crippen MR) is 118 cm³/mol. The first kappa shape index (κ1) is 19.3. The van der Waals surface area contributed by atoms with E-state index in [0.29, 0.717) is 27.9 Å². The van der Waals surface area contributed by atoms with E-state index in [2.05, 4.69) is 10.0 Å². The number of carbonyl (C=O) groups is 1. The van der Waals surface area contributed by atoms with Gasteiger partial charge in [0.2, 0.25) is 10.0 Å². The van der Waals surface area contributed by atoms with Crippen LogP contribution in [0, 0.1) is 19.8 Å². The second kappa shape index (κ2) is 6.65. The molecule has 3 saturated carbocycles. The second-order valence-electron chi connectivity index (χ2n) is 8.74. The fourth-order valence-corrected chi connectivity index (χ4v) is 6.56. The molecular formula is C24H24N2O3S. The highest BCUT2D eigenvalue weighted by molar-refractivity contribution is 7.89. The molecule has 3 fully saturated rings. The van der Waals surface area contributed by atoms with Gasteiger partial charge in [-0.1, -0.05) is 42.5 Å². The summed E-state index contributed by atoms with van der Waals surface area (Å²) in [5.41, 5.74) is 2.81. The number of nitrogens with one attached hydrogen (secondary N) is 2. The number of benzene rings is 3. The summed E-state index contributed by atoms with van der Waals surface area (Å²) < 4.78 is 29.2. The summed E-state index contributed by atoms with van der Waals surface area (Å²) in [4.78, 5) is 13.2. The van der Waals surface area contributed by atoms with Gasteiger partial charge in [0.1, 0.15) is 0 Å². The molecule has 30 heavy (non-hydrogen) atoms. The lowest BCUT2D eigenvalue weighted by molar-refractivity contribution is -0.0317. The zero-order valence-corrected chi connectivity index (χ0v) is 17.8. The van der Waals surface area contributed by atoms with Crippen LogP contribution >= 0.6 is 0 Å². The van der Waals surface area contributed by atoms with Gasteiger partial charge in [0.05, 0.1) is 4.90 Å². The molecule has 3 aromatic rings. The summed E-state index contributed by atoms with van der Waals surface area (Å²) in [5.74, 6) is 0.491. The molecule has 1 amide bonds. The third kappa shape index (κ3) is 3.02. The third-order valence-corrected chi connectivity index (χ3v) is 8.16. The van der Waals surface area contributed by atoms with Gasteiger partial charge in [0.25, 0.3) is 5.91 Å². The maximum Gasteiger partial charge on any atom is 0.256 e. The fraction of sp³-hybridized carbons (Fsp3) is 0.292. The number of anilines is 1. The quantitative estimate of drug-likeness (QED) is 0.636. The van der Waals surface area contributed by atoms with Crippen LogP contribution in [-0.4, -0.2) is 19.9 Å². The van der Waals surface area contributed by atoms with Crippen LogP contribution in [0.2, 0.25) is 0 Å². The molecule has 3 aromatic carbocycles. The van der Waals surface area contributed by atoms with E-state index in [4.69, 9.17) is 0 Å². The normalized spacial score (nSPS) is 22.3. The van der Waals surface area contributed by atoms with Crippen molar-refractivity contribution in [3.63, 3.8) is 0 Å². The van der Waals surface area contributed by atoms with Crippen molar-refractivity contribution in [3.8, 4) is 0 Å². The molecular weight excluding hydrogens is 396 g/mol. The largest absolute Gasteiger partial charge is 0.321 e. The van der Waals surface area contributed by atoms with E-state index < -0.39 is 10.0 Å². The predicted octanol–water partition coefficient (Wildman–Crippen LogP) is 4.54. The van der Waals surface area contributed by atoms with Crippen LogP contribution in [0.5, 0.6) is 0 Å². The molecule has 0 unspecified atom stereocenters. The van der Waals surface area contributed by atoms with Crippen molar-refractivity contribution in [2.45, 2.75) is 43.5 Å². The molecule has 0 atom stereocenters. The number of aryl methyl sites for hydroxylation is 2. The molecule has 3 aliphatic rings. The standard InChI is InChI=1S/C24H24N2O3S/c1-15-6-5-7-16(2)22(15)23(27)25-20-10-11-21(19-9-4-3-8-18(19)20)30(28,29)26-24-12-17(13-24)14-24/h3-11,17,26H,12-14H2,1-2H3,(H,25,27). The van der Waals surface area contributed by atoms with Crippen molar-refractivity contribution in [2.24, 2.45) is 5.92 Å². The van der Waals surface area contributed by atoms with Crippen LogP contribution in [0.3, 0.4) is 0 Å². The van der Waals surface area contributed by atoms with Crippen LogP contribution in [-0.2, 0) is 10.0 Å². The Kier molecular flexibility index (Phi) is 4.27.